The van der Waals surface area contributed by atoms with Crippen molar-refractivity contribution in [1.82, 2.24) is 9.88 Å². The third kappa shape index (κ3) is 2.20. The summed E-state index contributed by atoms with van der Waals surface area (Å²) in [6.07, 6.45) is 2.33. The number of hydrogen-bond donors (Lipinski definition) is 3. The van der Waals surface area contributed by atoms with E-state index in [0.29, 0.717) is 13.0 Å². The van der Waals surface area contributed by atoms with Crippen molar-refractivity contribution < 1.29 is 14.7 Å². The first kappa shape index (κ1) is 12.5. The summed E-state index contributed by atoms with van der Waals surface area (Å²) in [6.45, 7) is 0.746. The monoisotopic (exact) mass is 273 g/mol. The van der Waals surface area contributed by atoms with Crippen LogP contribution >= 0.6 is 0 Å². The number of carboxylic acid groups (broad SMARTS) is 1. The number of benzene rings is 1. The van der Waals surface area contributed by atoms with Crippen molar-refractivity contribution in [1.29, 1.82) is 0 Å². The molecular weight excluding hydrogens is 258 g/mol. The molecule has 1 aromatic carbocycles. The van der Waals surface area contributed by atoms with E-state index < -0.39 is 11.9 Å². The summed E-state index contributed by atoms with van der Waals surface area (Å²) in [5, 5.41) is 12.7. The number of hydrogen-bond acceptors (Lipinski definition) is 2. The molecule has 0 bridgehead atoms. The van der Waals surface area contributed by atoms with Gasteiger partial charge in [0.05, 0.1) is 11.6 Å². The van der Waals surface area contributed by atoms with Crippen LogP contribution < -0.4 is 5.32 Å². The quantitative estimate of drug-likeness (QED) is 0.783. The number of aromatic nitrogens is 1. The van der Waals surface area contributed by atoms with Crippen LogP contribution in [0.5, 0.6) is 0 Å². The average molecular weight is 273 g/mol. The summed E-state index contributed by atoms with van der Waals surface area (Å²) in [6, 6.07) is 7.27. The number of carbonyl (C=O) groups is 2. The number of likely N-dealkylation sites (tertiary alicyclic amines) is 1. The molecule has 0 aliphatic carbocycles. The van der Waals surface area contributed by atoms with Crippen LogP contribution in [0.2, 0.25) is 0 Å². The van der Waals surface area contributed by atoms with Crippen LogP contribution in [0, 0.1) is 5.92 Å². The lowest BCUT2D eigenvalue weighted by molar-refractivity contribution is -0.141. The van der Waals surface area contributed by atoms with E-state index in [-0.39, 0.29) is 12.6 Å². The molecule has 2 heterocycles. The highest BCUT2D eigenvalue weighted by Crippen LogP contribution is 2.23. The molecule has 20 heavy (non-hydrogen) atoms. The first-order valence-corrected chi connectivity index (χ1v) is 6.50. The number of aromatic amines is 1. The number of aliphatic carboxylic acids is 1. The number of carboxylic acids is 1. The van der Waals surface area contributed by atoms with Crippen LogP contribution in [-0.2, 0) is 4.79 Å². The molecule has 0 spiro atoms. The number of nitrogens with zero attached hydrogens (tertiary/aromatic N) is 1. The summed E-state index contributed by atoms with van der Waals surface area (Å²) in [5.41, 5.74) is 1.68. The molecule has 1 unspecified atom stereocenters. The maximum Gasteiger partial charge on any atom is 0.321 e. The van der Waals surface area contributed by atoms with E-state index in [9.17, 15) is 9.59 Å². The van der Waals surface area contributed by atoms with Crippen molar-refractivity contribution in [2.24, 2.45) is 5.92 Å². The zero-order valence-electron chi connectivity index (χ0n) is 10.8. The van der Waals surface area contributed by atoms with E-state index in [1.165, 1.54) is 0 Å². The van der Waals surface area contributed by atoms with Gasteiger partial charge in [0.25, 0.3) is 0 Å². The van der Waals surface area contributed by atoms with Crippen molar-refractivity contribution >= 4 is 28.6 Å². The van der Waals surface area contributed by atoms with Gasteiger partial charge in [-0.3, -0.25) is 4.79 Å². The molecule has 0 saturated carbocycles. The molecule has 2 amide bonds. The van der Waals surface area contributed by atoms with E-state index in [2.05, 4.69) is 10.3 Å². The smallest absolute Gasteiger partial charge is 0.321 e. The third-order valence-corrected chi connectivity index (χ3v) is 3.66. The third-order valence-electron chi connectivity index (χ3n) is 3.66. The number of carbonyl (C=O) groups excluding carboxylic acids is 1. The van der Waals surface area contributed by atoms with Crippen LogP contribution in [0.4, 0.5) is 10.5 Å². The Balaban J connectivity index is 1.73. The van der Waals surface area contributed by atoms with Crippen molar-refractivity contribution in [3.8, 4) is 0 Å². The van der Waals surface area contributed by atoms with Gasteiger partial charge in [-0.2, -0.15) is 0 Å². The second-order valence-corrected chi connectivity index (χ2v) is 4.94. The van der Waals surface area contributed by atoms with Crippen molar-refractivity contribution in [2.45, 2.75) is 6.42 Å². The fourth-order valence-electron chi connectivity index (χ4n) is 2.53. The summed E-state index contributed by atoms with van der Waals surface area (Å²) < 4.78 is 0. The standard InChI is InChI=1S/C14H15N3O3/c18-13(19)9-5-7-17(8-9)14(20)16-12-3-1-2-11-10(12)4-6-15-11/h1-4,6,9,15H,5,7-8H2,(H,16,20)(H,18,19). The van der Waals surface area contributed by atoms with Gasteiger partial charge < -0.3 is 20.3 Å². The van der Waals surface area contributed by atoms with Crippen LogP contribution in [0.25, 0.3) is 10.9 Å². The van der Waals surface area contributed by atoms with E-state index in [4.69, 9.17) is 5.11 Å². The molecule has 104 valence electrons. The molecule has 1 fully saturated rings. The highest BCUT2D eigenvalue weighted by atomic mass is 16.4. The van der Waals surface area contributed by atoms with Crippen LogP contribution in [0.15, 0.2) is 30.5 Å². The Kier molecular flexibility index (Phi) is 3.06. The number of H-pyrrole nitrogens is 1. The highest BCUT2D eigenvalue weighted by molar-refractivity contribution is 6.00. The largest absolute Gasteiger partial charge is 0.481 e. The number of nitrogens with one attached hydrogen (secondary N) is 2. The number of rotatable bonds is 2. The predicted molar refractivity (Wildman–Crippen MR) is 74.6 cm³/mol. The lowest BCUT2D eigenvalue weighted by Crippen LogP contribution is -2.33. The minimum absolute atomic E-state index is 0.248. The maximum absolute atomic E-state index is 12.2. The normalized spacial score (nSPS) is 18.4. The molecule has 3 rings (SSSR count). The van der Waals surface area contributed by atoms with Gasteiger partial charge in [-0.25, -0.2) is 4.79 Å². The van der Waals surface area contributed by atoms with E-state index >= 15 is 0 Å². The molecule has 1 aliphatic heterocycles. The van der Waals surface area contributed by atoms with Gasteiger partial charge in [-0.05, 0) is 24.6 Å². The Morgan fingerprint density at radius 2 is 2.20 bits per heavy atom. The summed E-state index contributed by atoms with van der Waals surface area (Å²) in [7, 11) is 0. The zero-order chi connectivity index (χ0) is 14.1. The van der Waals surface area contributed by atoms with Gasteiger partial charge in [0.15, 0.2) is 0 Å². The Hall–Kier alpha value is -2.50. The molecule has 0 radical (unpaired) electrons. The van der Waals surface area contributed by atoms with E-state index in [1.54, 1.807) is 4.90 Å². The van der Waals surface area contributed by atoms with Gasteiger partial charge in [0, 0.05) is 30.2 Å². The number of anilines is 1. The molecule has 1 aliphatic rings. The number of urea groups is 1. The van der Waals surface area contributed by atoms with Crippen LogP contribution in [-0.4, -0.2) is 40.1 Å². The van der Waals surface area contributed by atoms with Gasteiger partial charge in [-0.1, -0.05) is 6.07 Å². The molecule has 2 aromatic rings. The molecule has 1 saturated heterocycles. The maximum atomic E-state index is 12.2. The fraction of sp³-hybridized carbons (Fsp3) is 0.286. The van der Waals surface area contributed by atoms with Crippen LogP contribution in [0.3, 0.4) is 0 Å². The molecular formula is C14H15N3O3. The molecule has 3 N–H and O–H groups in total. The Bertz CT molecular complexity index is 664. The summed E-state index contributed by atoms with van der Waals surface area (Å²) >= 11 is 0. The fourth-order valence-corrected chi connectivity index (χ4v) is 2.53. The number of fused-ring (bicyclic) bond motifs is 1. The zero-order valence-corrected chi connectivity index (χ0v) is 10.8. The SMILES string of the molecule is O=C(O)C1CCN(C(=O)Nc2cccc3[nH]ccc23)C1. The number of amides is 2. The first-order chi connectivity index (χ1) is 9.65. The topological polar surface area (TPSA) is 85.4 Å². The Labute approximate surface area is 115 Å². The van der Waals surface area contributed by atoms with Crippen LogP contribution in [0.1, 0.15) is 6.42 Å². The van der Waals surface area contributed by atoms with E-state index in [1.807, 2.05) is 30.5 Å². The van der Waals surface area contributed by atoms with Gasteiger partial charge in [-0.15, -0.1) is 0 Å². The second kappa shape index (κ2) is 4.88. The van der Waals surface area contributed by atoms with Crippen molar-refractivity contribution in [3.63, 3.8) is 0 Å². The lowest BCUT2D eigenvalue weighted by atomic mass is 10.1. The minimum atomic E-state index is -0.840. The summed E-state index contributed by atoms with van der Waals surface area (Å²) in [4.78, 5) is 27.7. The van der Waals surface area contributed by atoms with Gasteiger partial charge in [0.2, 0.25) is 0 Å². The van der Waals surface area contributed by atoms with Crippen molar-refractivity contribution in [2.75, 3.05) is 18.4 Å². The molecule has 6 heteroatoms. The highest BCUT2D eigenvalue weighted by Gasteiger charge is 2.30. The Morgan fingerprint density at radius 3 is 2.95 bits per heavy atom. The Morgan fingerprint density at radius 1 is 1.35 bits per heavy atom. The lowest BCUT2D eigenvalue weighted by Gasteiger charge is -2.17. The van der Waals surface area contributed by atoms with E-state index in [0.717, 1.165) is 16.6 Å². The molecule has 1 atom stereocenters. The first-order valence-electron chi connectivity index (χ1n) is 6.50. The van der Waals surface area contributed by atoms with Crippen molar-refractivity contribution in [3.05, 3.63) is 30.5 Å². The minimum Gasteiger partial charge on any atom is -0.481 e. The van der Waals surface area contributed by atoms with Gasteiger partial charge in [0.1, 0.15) is 0 Å². The second-order valence-electron chi connectivity index (χ2n) is 4.94. The van der Waals surface area contributed by atoms with Gasteiger partial charge >= 0.3 is 12.0 Å². The molecule has 1 aromatic heterocycles. The predicted octanol–water partition coefficient (Wildman–Crippen LogP) is 2.11. The molecule has 6 nitrogen and oxygen atoms in total. The summed E-state index contributed by atoms with van der Waals surface area (Å²) in [5.74, 6) is -1.29. The average Bonchev–Trinajstić information content (AvgIpc) is 3.08.